The number of nitrogens with one attached hydrogen (secondary N) is 1. The van der Waals surface area contributed by atoms with E-state index in [0.717, 1.165) is 5.57 Å². The molecule has 0 atom stereocenters. The summed E-state index contributed by atoms with van der Waals surface area (Å²) in [5.41, 5.74) is 1.44. The summed E-state index contributed by atoms with van der Waals surface area (Å²) in [6.45, 7) is 7.31. The fraction of sp³-hybridized carbons (Fsp3) is 0.467. The molecule has 5 heteroatoms. The molecule has 0 saturated carbocycles. The molecule has 0 aliphatic carbocycles. The molecular formula is C15H21F2NO2. The predicted octanol–water partition coefficient (Wildman–Crippen LogP) is 3.05. The average molecular weight is 285 g/mol. The summed E-state index contributed by atoms with van der Waals surface area (Å²) in [5, 5.41) is 3.02. The highest BCUT2D eigenvalue weighted by Gasteiger charge is 2.12. The van der Waals surface area contributed by atoms with E-state index >= 15 is 0 Å². The second kappa shape index (κ2) is 8.66. The molecule has 0 fully saturated rings. The molecule has 1 rings (SSSR count). The van der Waals surface area contributed by atoms with Gasteiger partial charge in [-0.1, -0.05) is 5.57 Å². The molecule has 0 aliphatic heterocycles. The van der Waals surface area contributed by atoms with Gasteiger partial charge < -0.3 is 14.8 Å². The maximum absolute atomic E-state index is 13.8. The number of hydrogen-bond donors (Lipinski definition) is 1. The Morgan fingerprint density at radius 1 is 1.25 bits per heavy atom. The lowest BCUT2D eigenvalue weighted by molar-refractivity contribution is 0.199. The maximum atomic E-state index is 13.8. The Balaban J connectivity index is 2.59. The van der Waals surface area contributed by atoms with Crippen molar-refractivity contribution < 1.29 is 18.3 Å². The minimum atomic E-state index is -0.685. The van der Waals surface area contributed by atoms with Crippen molar-refractivity contribution in [3.63, 3.8) is 0 Å². The van der Waals surface area contributed by atoms with Crippen molar-refractivity contribution in [2.75, 3.05) is 26.9 Å². The number of rotatable bonds is 9. The van der Waals surface area contributed by atoms with Gasteiger partial charge in [0, 0.05) is 26.6 Å². The summed E-state index contributed by atoms with van der Waals surface area (Å²) < 4.78 is 37.5. The van der Waals surface area contributed by atoms with E-state index in [-0.39, 0.29) is 12.4 Å². The van der Waals surface area contributed by atoms with Crippen LogP contribution in [0.1, 0.15) is 18.9 Å². The molecule has 0 saturated heterocycles. The quantitative estimate of drug-likeness (QED) is 0.559. The van der Waals surface area contributed by atoms with E-state index < -0.39 is 11.6 Å². The largest absolute Gasteiger partial charge is 0.487 e. The minimum Gasteiger partial charge on any atom is -0.487 e. The van der Waals surface area contributed by atoms with Gasteiger partial charge in [-0.05, 0) is 24.6 Å². The first-order chi connectivity index (χ1) is 9.54. The first kappa shape index (κ1) is 16.6. The Hall–Kier alpha value is -1.46. The van der Waals surface area contributed by atoms with Gasteiger partial charge in [-0.2, -0.15) is 0 Å². The van der Waals surface area contributed by atoms with E-state index in [1.165, 1.54) is 12.1 Å². The average Bonchev–Trinajstić information content (AvgIpc) is 2.37. The number of methoxy groups -OCH3 is 1. The van der Waals surface area contributed by atoms with Crippen LogP contribution in [-0.2, 0) is 11.3 Å². The highest BCUT2D eigenvalue weighted by atomic mass is 19.1. The fourth-order valence-corrected chi connectivity index (χ4v) is 1.59. The Kier molecular flexibility index (Phi) is 7.18. The number of benzene rings is 1. The van der Waals surface area contributed by atoms with Crippen LogP contribution in [0, 0.1) is 11.6 Å². The second-order valence-corrected chi connectivity index (χ2v) is 4.61. The molecule has 0 radical (unpaired) electrons. The fourth-order valence-electron chi connectivity index (χ4n) is 1.59. The van der Waals surface area contributed by atoms with Gasteiger partial charge in [-0.25, -0.2) is 8.78 Å². The lowest BCUT2D eigenvalue weighted by Gasteiger charge is -2.10. The molecule has 1 N–H and O–H groups in total. The van der Waals surface area contributed by atoms with Crippen LogP contribution in [0.4, 0.5) is 8.78 Å². The Bertz CT molecular complexity index is 426. The first-order valence-electron chi connectivity index (χ1n) is 6.49. The summed E-state index contributed by atoms with van der Waals surface area (Å²) in [7, 11) is 1.60. The highest BCUT2D eigenvalue weighted by Crippen LogP contribution is 2.23. The van der Waals surface area contributed by atoms with Gasteiger partial charge in [0.05, 0.1) is 13.2 Å². The van der Waals surface area contributed by atoms with E-state index in [9.17, 15) is 8.78 Å². The SMILES string of the molecule is C=C(C)CCOc1c(F)cc(CNCCOC)cc1F. The third-order valence-electron chi connectivity index (χ3n) is 2.65. The van der Waals surface area contributed by atoms with E-state index in [0.29, 0.717) is 31.7 Å². The molecule has 3 nitrogen and oxygen atoms in total. The number of ether oxygens (including phenoxy) is 2. The van der Waals surface area contributed by atoms with Crippen LogP contribution in [0.3, 0.4) is 0 Å². The van der Waals surface area contributed by atoms with Crippen molar-refractivity contribution in [2.24, 2.45) is 0 Å². The first-order valence-corrected chi connectivity index (χ1v) is 6.49. The van der Waals surface area contributed by atoms with E-state index in [1.807, 2.05) is 6.92 Å². The highest BCUT2D eigenvalue weighted by molar-refractivity contribution is 5.31. The zero-order valence-corrected chi connectivity index (χ0v) is 12.0. The van der Waals surface area contributed by atoms with Gasteiger partial charge in [0.2, 0.25) is 0 Å². The Morgan fingerprint density at radius 3 is 2.45 bits per heavy atom. The zero-order chi connectivity index (χ0) is 15.0. The summed E-state index contributed by atoms with van der Waals surface area (Å²) >= 11 is 0. The van der Waals surface area contributed by atoms with Crippen LogP contribution in [-0.4, -0.2) is 26.9 Å². The molecule has 112 valence electrons. The molecular weight excluding hydrogens is 264 g/mol. The van der Waals surface area contributed by atoms with Crippen LogP contribution < -0.4 is 10.1 Å². The second-order valence-electron chi connectivity index (χ2n) is 4.61. The molecule has 0 aromatic heterocycles. The predicted molar refractivity (Wildman–Crippen MR) is 74.9 cm³/mol. The molecule has 0 spiro atoms. The Labute approximate surface area is 118 Å². The summed E-state index contributed by atoms with van der Waals surface area (Å²) in [6.07, 6.45) is 0.569. The van der Waals surface area contributed by atoms with Crippen molar-refractivity contribution in [3.05, 3.63) is 41.5 Å². The van der Waals surface area contributed by atoms with Crippen molar-refractivity contribution in [2.45, 2.75) is 19.9 Å². The summed E-state index contributed by atoms with van der Waals surface area (Å²) in [4.78, 5) is 0. The van der Waals surface area contributed by atoms with Crippen molar-refractivity contribution >= 4 is 0 Å². The van der Waals surface area contributed by atoms with Gasteiger partial charge in [-0.15, -0.1) is 6.58 Å². The molecule has 0 heterocycles. The van der Waals surface area contributed by atoms with E-state index in [1.54, 1.807) is 7.11 Å². The normalized spacial score (nSPS) is 10.6. The minimum absolute atomic E-state index is 0.217. The third-order valence-corrected chi connectivity index (χ3v) is 2.65. The molecule has 0 aliphatic rings. The van der Waals surface area contributed by atoms with Gasteiger partial charge in [0.1, 0.15) is 0 Å². The number of hydrogen-bond acceptors (Lipinski definition) is 3. The van der Waals surface area contributed by atoms with Crippen LogP contribution in [0.2, 0.25) is 0 Å². The molecule has 0 unspecified atom stereocenters. The molecule has 0 amide bonds. The van der Waals surface area contributed by atoms with Crippen molar-refractivity contribution in [1.82, 2.24) is 5.32 Å². The van der Waals surface area contributed by atoms with Crippen LogP contribution in [0.15, 0.2) is 24.3 Å². The molecule has 0 bridgehead atoms. The Morgan fingerprint density at radius 2 is 1.90 bits per heavy atom. The topological polar surface area (TPSA) is 30.5 Å². The van der Waals surface area contributed by atoms with Gasteiger partial charge in [0.15, 0.2) is 17.4 Å². The van der Waals surface area contributed by atoms with Crippen LogP contribution in [0.25, 0.3) is 0 Å². The van der Waals surface area contributed by atoms with Gasteiger partial charge in [-0.3, -0.25) is 0 Å². The van der Waals surface area contributed by atoms with E-state index in [2.05, 4.69) is 11.9 Å². The van der Waals surface area contributed by atoms with E-state index in [4.69, 9.17) is 9.47 Å². The monoisotopic (exact) mass is 285 g/mol. The maximum Gasteiger partial charge on any atom is 0.190 e. The summed E-state index contributed by atoms with van der Waals surface area (Å²) in [6, 6.07) is 2.55. The van der Waals surface area contributed by atoms with Crippen LogP contribution >= 0.6 is 0 Å². The van der Waals surface area contributed by atoms with Gasteiger partial charge >= 0.3 is 0 Å². The molecule has 20 heavy (non-hydrogen) atoms. The summed E-state index contributed by atoms with van der Waals surface area (Å²) in [5.74, 6) is -1.70. The lowest BCUT2D eigenvalue weighted by Crippen LogP contribution is -2.18. The van der Waals surface area contributed by atoms with Crippen LogP contribution in [0.5, 0.6) is 5.75 Å². The number of halogens is 2. The van der Waals surface area contributed by atoms with Crippen molar-refractivity contribution in [3.8, 4) is 5.75 Å². The lowest BCUT2D eigenvalue weighted by atomic mass is 10.2. The third kappa shape index (κ3) is 5.67. The molecule has 1 aromatic rings. The van der Waals surface area contributed by atoms with Crippen molar-refractivity contribution in [1.29, 1.82) is 0 Å². The standard InChI is InChI=1S/C15H21F2NO2/c1-11(2)4-6-20-15-13(16)8-12(9-14(15)17)10-18-5-7-19-3/h8-9,18H,1,4-7,10H2,2-3H3. The van der Waals surface area contributed by atoms with Gasteiger partial charge in [0.25, 0.3) is 0 Å². The molecule has 1 aromatic carbocycles. The smallest absolute Gasteiger partial charge is 0.190 e. The zero-order valence-electron chi connectivity index (χ0n) is 12.0.